The molecule has 0 radical (unpaired) electrons. The summed E-state index contributed by atoms with van der Waals surface area (Å²) < 4.78 is 0. The molecule has 102 valence electrons. The minimum Gasteiger partial charge on any atom is -0.314 e. The van der Waals surface area contributed by atoms with Crippen molar-refractivity contribution in [1.29, 1.82) is 0 Å². The fourth-order valence-corrected chi connectivity index (χ4v) is 2.29. The molecule has 0 amide bonds. The highest BCUT2D eigenvalue weighted by Gasteiger charge is 2.25. The summed E-state index contributed by atoms with van der Waals surface area (Å²) in [7, 11) is 0. The van der Waals surface area contributed by atoms with Crippen LogP contribution in [-0.4, -0.2) is 36.6 Å². The van der Waals surface area contributed by atoms with Crippen molar-refractivity contribution in [2.75, 3.05) is 19.6 Å². The number of nitrogens with one attached hydrogen (secondary N) is 1. The molecule has 0 saturated heterocycles. The lowest BCUT2D eigenvalue weighted by atomic mass is 10.1. The van der Waals surface area contributed by atoms with E-state index in [2.05, 4.69) is 37.9 Å². The molecule has 1 fully saturated rings. The summed E-state index contributed by atoms with van der Waals surface area (Å²) in [6.45, 7) is 13.0. The van der Waals surface area contributed by atoms with Crippen LogP contribution in [0, 0.1) is 5.92 Å². The van der Waals surface area contributed by atoms with Crippen LogP contribution in [-0.2, 0) is 0 Å². The first-order chi connectivity index (χ1) is 8.13. The lowest BCUT2D eigenvalue weighted by Crippen LogP contribution is -2.35. The zero-order chi connectivity index (χ0) is 12.7. The van der Waals surface area contributed by atoms with E-state index in [4.69, 9.17) is 0 Å². The van der Waals surface area contributed by atoms with Gasteiger partial charge in [-0.05, 0) is 71.9 Å². The van der Waals surface area contributed by atoms with E-state index in [0.29, 0.717) is 6.04 Å². The topological polar surface area (TPSA) is 15.3 Å². The van der Waals surface area contributed by atoms with Gasteiger partial charge in [-0.25, -0.2) is 0 Å². The van der Waals surface area contributed by atoms with Crippen LogP contribution < -0.4 is 5.32 Å². The van der Waals surface area contributed by atoms with E-state index in [1.54, 1.807) is 0 Å². The Morgan fingerprint density at radius 3 is 2.47 bits per heavy atom. The van der Waals surface area contributed by atoms with Crippen molar-refractivity contribution in [3.8, 4) is 0 Å². The zero-order valence-electron chi connectivity index (χ0n) is 12.3. The lowest BCUT2D eigenvalue weighted by molar-refractivity contribution is 0.206. The van der Waals surface area contributed by atoms with Gasteiger partial charge >= 0.3 is 0 Å². The fourth-order valence-electron chi connectivity index (χ4n) is 2.29. The van der Waals surface area contributed by atoms with Gasteiger partial charge in [0.2, 0.25) is 0 Å². The highest BCUT2D eigenvalue weighted by molar-refractivity contribution is 4.79. The number of rotatable bonds is 10. The van der Waals surface area contributed by atoms with Crippen LogP contribution in [0.3, 0.4) is 0 Å². The molecule has 1 aliphatic rings. The molecule has 1 atom stereocenters. The molecule has 0 aromatic carbocycles. The Balaban J connectivity index is 2.08. The summed E-state index contributed by atoms with van der Waals surface area (Å²) in [5.41, 5.74) is 0. The Hall–Kier alpha value is -0.0800. The standard InChI is InChI=1S/C15H32N2/c1-5-10-16-14(4)7-6-11-17(13(2)3)12-15-8-9-15/h13-16H,5-12H2,1-4H3. The van der Waals surface area contributed by atoms with E-state index < -0.39 is 0 Å². The summed E-state index contributed by atoms with van der Waals surface area (Å²) in [5, 5.41) is 3.57. The van der Waals surface area contributed by atoms with Crippen LogP contribution in [0.25, 0.3) is 0 Å². The Kier molecular flexibility index (Phi) is 7.14. The second kappa shape index (κ2) is 8.10. The number of hydrogen-bond donors (Lipinski definition) is 1. The quantitative estimate of drug-likeness (QED) is 0.630. The third kappa shape index (κ3) is 7.05. The molecule has 0 aliphatic heterocycles. The first-order valence-electron chi connectivity index (χ1n) is 7.61. The van der Waals surface area contributed by atoms with E-state index >= 15 is 0 Å². The van der Waals surface area contributed by atoms with Crippen LogP contribution in [0.4, 0.5) is 0 Å². The minimum absolute atomic E-state index is 0.685. The molecule has 2 heteroatoms. The van der Waals surface area contributed by atoms with Crippen molar-refractivity contribution in [2.24, 2.45) is 5.92 Å². The van der Waals surface area contributed by atoms with Crippen LogP contribution in [0.2, 0.25) is 0 Å². The van der Waals surface area contributed by atoms with Crippen LogP contribution in [0.1, 0.15) is 59.8 Å². The van der Waals surface area contributed by atoms with Crippen molar-refractivity contribution in [3.05, 3.63) is 0 Å². The maximum absolute atomic E-state index is 3.57. The number of nitrogens with zero attached hydrogens (tertiary/aromatic N) is 1. The van der Waals surface area contributed by atoms with Crippen molar-refractivity contribution < 1.29 is 0 Å². The summed E-state index contributed by atoms with van der Waals surface area (Å²) in [4.78, 5) is 2.67. The second-order valence-electron chi connectivity index (χ2n) is 6.03. The first kappa shape index (κ1) is 15.0. The molecule has 1 saturated carbocycles. The van der Waals surface area contributed by atoms with Gasteiger partial charge in [-0.15, -0.1) is 0 Å². The van der Waals surface area contributed by atoms with Crippen molar-refractivity contribution in [3.63, 3.8) is 0 Å². The Bertz CT molecular complexity index is 187. The summed E-state index contributed by atoms with van der Waals surface area (Å²) in [5.74, 6) is 1.02. The van der Waals surface area contributed by atoms with Gasteiger partial charge in [0.15, 0.2) is 0 Å². The largest absolute Gasteiger partial charge is 0.314 e. The molecule has 0 aromatic rings. The van der Waals surface area contributed by atoms with E-state index in [9.17, 15) is 0 Å². The summed E-state index contributed by atoms with van der Waals surface area (Å²) in [6.07, 6.45) is 6.83. The Labute approximate surface area is 108 Å². The maximum Gasteiger partial charge on any atom is 0.00391 e. The molecule has 1 N–H and O–H groups in total. The molecule has 17 heavy (non-hydrogen) atoms. The fraction of sp³-hybridized carbons (Fsp3) is 1.00. The maximum atomic E-state index is 3.57. The molecule has 1 rings (SSSR count). The van der Waals surface area contributed by atoms with Gasteiger partial charge in [-0.2, -0.15) is 0 Å². The van der Waals surface area contributed by atoms with Crippen LogP contribution in [0.15, 0.2) is 0 Å². The van der Waals surface area contributed by atoms with E-state index in [1.807, 2.05) is 0 Å². The van der Waals surface area contributed by atoms with Gasteiger partial charge in [0.25, 0.3) is 0 Å². The van der Waals surface area contributed by atoms with Gasteiger partial charge in [-0.1, -0.05) is 6.92 Å². The molecular formula is C15H32N2. The molecule has 0 aromatic heterocycles. The second-order valence-corrected chi connectivity index (χ2v) is 6.03. The predicted octanol–water partition coefficient (Wildman–Crippen LogP) is 3.28. The number of hydrogen-bond acceptors (Lipinski definition) is 2. The SMILES string of the molecule is CCCNC(C)CCCN(CC1CC1)C(C)C. The van der Waals surface area contributed by atoms with Gasteiger partial charge in [0, 0.05) is 18.6 Å². The third-order valence-electron chi connectivity index (χ3n) is 3.75. The smallest absolute Gasteiger partial charge is 0.00391 e. The average Bonchev–Trinajstić information content (AvgIpc) is 3.08. The van der Waals surface area contributed by atoms with Crippen LogP contribution in [0.5, 0.6) is 0 Å². The Morgan fingerprint density at radius 1 is 1.24 bits per heavy atom. The molecule has 2 nitrogen and oxygen atoms in total. The first-order valence-corrected chi connectivity index (χ1v) is 7.61. The van der Waals surface area contributed by atoms with Gasteiger partial charge in [-0.3, -0.25) is 0 Å². The predicted molar refractivity (Wildman–Crippen MR) is 76.4 cm³/mol. The molecule has 1 aliphatic carbocycles. The third-order valence-corrected chi connectivity index (χ3v) is 3.75. The molecule has 1 unspecified atom stereocenters. The zero-order valence-corrected chi connectivity index (χ0v) is 12.3. The van der Waals surface area contributed by atoms with E-state index in [0.717, 1.165) is 18.5 Å². The molecule has 0 heterocycles. The summed E-state index contributed by atoms with van der Waals surface area (Å²) in [6, 6.07) is 1.40. The summed E-state index contributed by atoms with van der Waals surface area (Å²) >= 11 is 0. The van der Waals surface area contributed by atoms with Crippen LogP contribution >= 0.6 is 0 Å². The average molecular weight is 240 g/mol. The van der Waals surface area contributed by atoms with E-state index in [1.165, 1.54) is 45.2 Å². The van der Waals surface area contributed by atoms with Gasteiger partial charge in [0.05, 0.1) is 0 Å². The van der Waals surface area contributed by atoms with Crippen molar-refractivity contribution in [2.45, 2.75) is 71.9 Å². The highest BCUT2D eigenvalue weighted by Crippen LogP contribution is 2.30. The monoisotopic (exact) mass is 240 g/mol. The van der Waals surface area contributed by atoms with Gasteiger partial charge < -0.3 is 10.2 Å². The highest BCUT2D eigenvalue weighted by atomic mass is 15.1. The molecule has 0 bridgehead atoms. The van der Waals surface area contributed by atoms with Crippen molar-refractivity contribution in [1.82, 2.24) is 10.2 Å². The van der Waals surface area contributed by atoms with E-state index in [-0.39, 0.29) is 0 Å². The Morgan fingerprint density at radius 2 is 1.94 bits per heavy atom. The molecular weight excluding hydrogens is 208 g/mol. The normalized spacial score (nSPS) is 18.0. The molecule has 0 spiro atoms. The lowest BCUT2D eigenvalue weighted by Gasteiger charge is -2.27. The minimum atomic E-state index is 0.685. The van der Waals surface area contributed by atoms with Gasteiger partial charge in [0.1, 0.15) is 0 Å². The van der Waals surface area contributed by atoms with Crippen molar-refractivity contribution >= 4 is 0 Å².